The van der Waals surface area contributed by atoms with Gasteiger partial charge in [-0.15, -0.1) is 11.3 Å². The average molecular weight is 346 g/mol. The van der Waals surface area contributed by atoms with Crippen LogP contribution in [0.1, 0.15) is 36.0 Å². The molecular weight excluding hydrogens is 318 g/mol. The first-order valence-electron chi connectivity index (χ1n) is 8.82. The third-order valence-electron chi connectivity index (χ3n) is 4.57. The number of ether oxygens (including phenoxy) is 1. The molecule has 0 bridgehead atoms. The molecule has 0 spiro atoms. The highest BCUT2D eigenvalue weighted by Crippen LogP contribution is 2.17. The van der Waals surface area contributed by atoms with E-state index in [2.05, 4.69) is 46.6 Å². The Hall–Kier alpha value is -1.43. The number of nitrogens with zero attached hydrogens (tertiary/aromatic N) is 2. The van der Waals surface area contributed by atoms with Crippen molar-refractivity contribution < 1.29 is 4.74 Å². The van der Waals surface area contributed by atoms with Gasteiger partial charge in [-0.2, -0.15) is 0 Å². The van der Waals surface area contributed by atoms with Gasteiger partial charge < -0.3 is 10.1 Å². The minimum absolute atomic E-state index is 0.542. The molecule has 1 unspecified atom stereocenters. The van der Waals surface area contributed by atoms with E-state index in [1.165, 1.54) is 24.9 Å². The second-order valence-electron chi connectivity index (χ2n) is 6.39. The number of rotatable bonds is 8. The van der Waals surface area contributed by atoms with Crippen molar-refractivity contribution in [3.63, 3.8) is 0 Å². The van der Waals surface area contributed by atoms with E-state index in [1.54, 1.807) is 11.3 Å². The van der Waals surface area contributed by atoms with E-state index in [1.807, 2.05) is 12.1 Å². The van der Waals surface area contributed by atoms with Crippen molar-refractivity contribution in [3.05, 3.63) is 45.9 Å². The molecular formula is C19H27N3OS. The number of benzene rings is 1. The molecule has 2 aromatic rings. The Bertz CT molecular complexity index is 626. The molecule has 1 fully saturated rings. The van der Waals surface area contributed by atoms with Crippen LogP contribution in [0.15, 0.2) is 29.6 Å². The van der Waals surface area contributed by atoms with Gasteiger partial charge in [-0.3, -0.25) is 4.90 Å². The van der Waals surface area contributed by atoms with Crippen molar-refractivity contribution in [3.8, 4) is 5.75 Å². The van der Waals surface area contributed by atoms with Crippen LogP contribution in [0.2, 0.25) is 0 Å². The maximum atomic E-state index is 5.80. The number of hydrogen-bond donors (Lipinski definition) is 1. The predicted molar refractivity (Wildman–Crippen MR) is 99.6 cm³/mol. The first-order chi connectivity index (χ1) is 11.7. The van der Waals surface area contributed by atoms with E-state index in [4.69, 9.17) is 4.74 Å². The van der Waals surface area contributed by atoms with Gasteiger partial charge >= 0.3 is 0 Å². The zero-order valence-electron chi connectivity index (χ0n) is 14.6. The smallest absolute Gasteiger partial charge is 0.140 e. The monoisotopic (exact) mass is 345 g/mol. The fourth-order valence-electron chi connectivity index (χ4n) is 3.19. The van der Waals surface area contributed by atoms with Crippen LogP contribution in [-0.4, -0.2) is 35.6 Å². The van der Waals surface area contributed by atoms with Gasteiger partial charge in [0, 0.05) is 24.5 Å². The third kappa shape index (κ3) is 4.79. The van der Waals surface area contributed by atoms with E-state index in [9.17, 15) is 0 Å². The summed E-state index contributed by atoms with van der Waals surface area (Å²) in [6.07, 6.45) is 2.64. The topological polar surface area (TPSA) is 37.4 Å². The molecule has 3 rings (SSSR count). The Balaban J connectivity index is 1.41. The molecule has 1 aliphatic heterocycles. The van der Waals surface area contributed by atoms with Crippen molar-refractivity contribution in [1.82, 2.24) is 15.2 Å². The van der Waals surface area contributed by atoms with Gasteiger partial charge in [0.05, 0.1) is 5.69 Å². The maximum Gasteiger partial charge on any atom is 0.140 e. The lowest BCUT2D eigenvalue weighted by atomic mass is 10.2. The van der Waals surface area contributed by atoms with E-state index in [-0.39, 0.29) is 0 Å². The molecule has 1 saturated heterocycles. The first kappa shape index (κ1) is 17.4. The molecule has 1 aromatic carbocycles. The van der Waals surface area contributed by atoms with Crippen LogP contribution in [0.5, 0.6) is 5.75 Å². The Labute approximate surface area is 148 Å². The largest absolute Gasteiger partial charge is 0.486 e. The maximum absolute atomic E-state index is 5.80. The zero-order chi connectivity index (χ0) is 16.8. The van der Waals surface area contributed by atoms with Gasteiger partial charge in [-0.1, -0.05) is 24.6 Å². The second-order valence-corrected chi connectivity index (χ2v) is 7.33. The summed E-state index contributed by atoms with van der Waals surface area (Å²) in [6, 6.07) is 8.83. The fraction of sp³-hybridized carbons (Fsp3) is 0.526. The molecule has 0 radical (unpaired) electrons. The summed E-state index contributed by atoms with van der Waals surface area (Å²) in [5, 5.41) is 6.73. The van der Waals surface area contributed by atoms with Crippen molar-refractivity contribution in [2.75, 3.05) is 19.6 Å². The lowest BCUT2D eigenvalue weighted by Gasteiger charge is -2.22. The average Bonchev–Trinajstić information content (AvgIpc) is 3.23. The zero-order valence-corrected chi connectivity index (χ0v) is 15.4. The lowest BCUT2D eigenvalue weighted by Crippen LogP contribution is -2.37. The quantitative estimate of drug-likeness (QED) is 0.793. The summed E-state index contributed by atoms with van der Waals surface area (Å²) in [6.45, 7) is 9.17. The molecule has 0 saturated carbocycles. The number of likely N-dealkylation sites (N-methyl/N-ethyl adjacent to an activating group) is 1. The van der Waals surface area contributed by atoms with Crippen molar-refractivity contribution in [2.45, 2.75) is 45.9 Å². The number of hydrogen-bond acceptors (Lipinski definition) is 5. The molecule has 2 heterocycles. The molecule has 4 nitrogen and oxygen atoms in total. The highest BCUT2D eigenvalue weighted by Gasteiger charge is 2.22. The minimum Gasteiger partial charge on any atom is -0.486 e. The van der Waals surface area contributed by atoms with Gasteiger partial charge in [0.1, 0.15) is 17.4 Å². The predicted octanol–water partition coefficient (Wildman–Crippen LogP) is 3.60. The molecule has 1 aromatic heterocycles. The Morgan fingerprint density at radius 2 is 2.17 bits per heavy atom. The summed E-state index contributed by atoms with van der Waals surface area (Å²) in [5.74, 6) is 0.899. The van der Waals surface area contributed by atoms with E-state index in [0.717, 1.165) is 36.1 Å². The van der Waals surface area contributed by atoms with Crippen LogP contribution in [0, 0.1) is 6.92 Å². The molecule has 5 heteroatoms. The summed E-state index contributed by atoms with van der Waals surface area (Å²) in [7, 11) is 0. The molecule has 24 heavy (non-hydrogen) atoms. The second kappa shape index (κ2) is 8.60. The standard InChI is InChI=1S/C19H27N3OS/c1-3-22-10-4-5-17(22)12-20-11-16-14-24-19(21-16)13-23-18-8-6-15(2)7-9-18/h6-9,14,17,20H,3-5,10-13H2,1-2H3. The highest BCUT2D eigenvalue weighted by atomic mass is 32.1. The van der Waals surface area contributed by atoms with E-state index in [0.29, 0.717) is 12.6 Å². The SMILES string of the molecule is CCN1CCCC1CNCc1csc(COc2ccc(C)cc2)n1. The van der Waals surface area contributed by atoms with Crippen LogP contribution in [0.4, 0.5) is 0 Å². The van der Waals surface area contributed by atoms with Gasteiger partial charge in [-0.05, 0) is 45.0 Å². The number of likely N-dealkylation sites (tertiary alicyclic amines) is 1. The van der Waals surface area contributed by atoms with Crippen LogP contribution in [0.3, 0.4) is 0 Å². The van der Waals surface area contributed by atoms with Crippen LogP contribution < -0.4 is 10.1 Å². The van der Waals surface area contributed by atoms with Crippen LogP contribution in [0.25, 0.3) is 0 Å². The summed E-state index contributed by atoms with van der Waals surface area (Å²) < 4.78 is 5.80. The molecule has 0 aliphatic carbocycles. The third-order valence-corrected chi connectivity index (χ3v) is 5.45. The summed E-state index contributed by atoms with van der Waals surface area (Å²) in [5.41, 5.74) is 2.36. The van der Waals surface area contributed by atoms with Crippen molar-refractivity contribution >= 4 is 11.3 Å². The Morgan fingerprint density at radius 1 is 1.33 bits per heavy atom. The number of aryl methyl sites for hydroxylation is 1. The van der Waals surface area contributed by atoms with Gasteiger partial charge in [0.15, 0.2) is 0 Å². The Morgan fingerprint density at radius 3 is 2.96 bits per heavy atom. The number of thiazole rings is 1. The fourth-order valence-corrected chi connectivity index (χ4v) is 3.89. The van der Waals surface area contributed by atoms with Crippen molar-refractivity contribution in [2.24, 2.45) is 0 Å². The molecule has 130 valence electrons. The summed E-state index contributed by atoms with van der Waals surface area (Å²) >= 11 is 1.67. The molecule has 1 aliphatic rings. The lowest BCUT2D eigenvalue weighted by molar-refractivity contribution is 0.259. The van der Waals surface area contributed by atoms with Gasteiger partial charge in [-0.25, -0.2) is 4.98 Å². The van der Waals surface area contributed by atoms with Gasteiger partial charge in [0.2, 0.25) is 0 Å². The summed E-state index contributed by atoms with van der Waals surface area (Å²) in [4.78, 5) is 7.23. The van der Waals surface area contributed by atoms with Crippen molar-refractivity contribution in [1.29, 1.82) is 0 Å². The first-order valence-corrected chi connectivity index (χ1v) is 9.70. The minimum atomic E-state index is 0.542. The van der Waals surface area contributed by atoms with E-state index < -0.39 is 0 Å². The van der Waals surface area contributed by atoms with Crippen LogP contribution in [-0.2, 0) is 13.2 Å². The van der Waals surface area contributed by atoms with E-state index >= 15 is 0 Å². The van der Waals surface area contributed by atoms with Crippen LogP contribution >= 0.6 is 11.3 Å². The van der Waals surface area contributed by atoms with Gasteiger partial charge in [0.25, 0.3) is 0 Å². The normalized spacial score (nSPS) is 18.2. The number of nitrogens with one attached hydrogen (secondary N) is 1. The number of aromatic nitrogens is 1. The Kier molecular flexibility index (Phi) is 6.24. The molecule has 0 amide bonds. The molecule has 1 N–H and O–H groups in total. The molecule has 1 atom stereocenters. The highest BCUT2D eigenvalue weighted by molar-refractivity contribution is 7.09.